The van der Waals surface area contributed by atoms with Gasteiger partial charge in [-0.05, 0) is 45.4 Å². The van der Waals surface area contributed by atoms with Crippen LogP contribution < -0.4 is 10.3 Å². The number of rotatable bonds is 8. The molecule has 1 aliphatic rings. The molecule has 0 bridgehead atoms. The van der Waals surface area contributed by atoms with Crippen molar-refractivity contribution >= 4 is 15.5 Å². The van der Waals surface area contributed by atoms with Gasteiger partial charge in [-0.3, -0.25) is 4.79 Å². The van der Waals surface area contributed by atoms with Crippen LogP contribution in [0.4, 0.5) is 0 Å². The fourth-order valence-corrected chi connectivity index (χ4v) is 5.85. The molecule has 0 radical (unpaired) electrons. The van der Waals surface area contributed by atoms with Gasteiger partial charge in [-0.1, -0.05) is 6.92 Å². The van der Waals surface area contributed by atoms with E-state index in [1.807, 2.05) is 20.8 Å². The van der Waals surface area contributed by atoms with Gasteiger partial charge in [0.1, 0.15) is 31.2 Å². The van der Waals surface area contributed by atoms with Gasteiger partial charge in [-0.25, -0.2) is 23.1 Å². The molecule has 1 aliphatic heterocycles. The van der Waals surface area contributed by atoms with Crippen molar-refractivity contribution in [3.63, 3.8) is 0 Å². The molecular formula is C23H33N6O5S+. The summed E-state index contributed by atoms with van der Waals surface area (Å²) in [7, 11) is -3.83. The van der Waals surface area contributed by atoms with Gasteiger partial charge in [-0.15, -0.1) is 5.10 Å². The molecule has 4 rings (SSSR count). The van der Waals surface area contributed by atoms with Crippen molar-refractivity contribution < 1.29 is 23.0 Å². The van der Waals surface area contributed by atoms with Gasteiger partial charge < -0.3 is 9.72 Å². The Kier molecular flexibility index (Phi) is 7.00. The van der Waals surface area contributed by atoms with Crippen molar-refractivity contribution in [2.75, 3.05) is 39.3 Å². The molecule has 12 heteroatoms. The van der Waals surface area contributed by atoms with Gasteiger partial charge in [0.2, 0.25) is 10.0 Å². The van der Waals surface area contributed by atoms with Crippen molar-refractivity contribution in [1.29, 1.82) is 0 Å². The number of imidazole rings is 1. The molecule has 3 aromatic rings. The first-order chi connectivity index (χ1) is 16.6. The Morgan fingerprint density at radius 1 is 1.20 bits per heavy atom. The molecule has 0 aliphatic carbocycles. The summed E-state index contributed by atoms with van der Waals surface area (Å²) >= 11 is 0. The van der Waals surface area contributed by atoms with E-state index in [4.69, 9.17) is 4.74 Å². The van der Waals surface area contributed by atoms with Crippen LogP contribution in [-0.4, -0.2) is 81.5 Å². The second-order valence-corrected chi connectivity index (χ2v) is 10.7. The monoisotopic (exact) mass is 505 g/mol. The molecule has 2 aromatic heterocycles. The fraction of sp³-hybridized carbons (Fsp3) is 0.522. The summed E-state index contributed by atoms with van der Waals surface area (Å²) in [6.07, 6.45) is 1.48. The van der Waals surface area contributed by atoms with Gasteiger partial charge in [0, 0.05) is 6.42 Å². The Bertz CT molecular complexity index is 1390. The average Bonchev–Trinajstić information content (AvgIpc) is 3.15. The minimum absolute atomic E-state index is 0.0729. The standard InChI is InChI=1S/C23H32N6O5S/c1-5-8-20-24-16(4)21-23(30)25-22(26-28(20)21)18-15-17(9-10-19(18)34-7-3)35(32,33)27-11-13-29(31,6-2)14-12-27/h9-10,15,31H,5-8,11-14H2,1-4H3/p+1. The normalized spacial score (nSPS) is 16.6. The second-order valence-electron chi connectivity index (χ2n) is 8.78. The van der Waals surface area contributed by atoms with Gasteiger partial charge in [-0.2, -0.15) is 8.95 Å². The number of quaternary nitrogens is 1. The number of aryl methyl sites for hydroxylation is 2. The van der Waals surface area contributed by atoms with Crippen molar-refractivity contribution in [2.24, 2.45) is 0 Å². The predicted octanol–water partition coefficient (Wildman–Crippen LogP) is 1.97. The zero-order chi connectivity index (χ0) is 25.4. The number of H-pyrrole nitrogens is 1. The maximum Gasteiger partial charge on any atom is 0.277 e. The zero-order valence-electron chi connectivity index (χ0n) is 20.6. The molecule has 1 fully saturated rings. The minimum atomic E-state index is -3.83. The smallest absolute Gasteiger partial charge is 0.277 e. The minimum Gasteiger partial charge on any atom is -0.493 e. The highest BCUT2D eigenvalue weighted by atomic mass is 32.2. The van der Waals surface area contributed by atoms with Gasteiger partial charge in [0.05, 0.1) is 35.8 Å². The lowest BCUT2D eigenvalue weighted by Crippen LogP contribution is -2.58. The number of benzene rings is 1. The molecule has 35 heavy (non-hydrogen) atoms. The lowest BCUT2D eigenvalue weighted by atomic mass is 10.2. The third-order valence-electron chi connectivity index (χ3n) is 6.48. The molecule has 2 N–H and O–H groups in total. The number of hydroxylamine groups is 3. The molecule has 1 saturated heterocycles. The van der Waals surface area contributed by atoms with Crippen LogP contribution in [0.5, 0.6) is 5.75 Å². The van der Waals surface area contributed by atoms with Gasteiger partial charge in [0.15, 0.2) is 11.3 Å². The van der Waals surface area contributed by atoms with E-state index in [0.29, 0.717) is 61.0 Å². The van der Waals surface area contributed by atoms with Crippen LogP contribution in [0, 0.1) is 6.92 Å². The third-order valence-corrected chi connectivity index (χ3v) is 8.37. The summed E-state index contributed by atoms with van der Waals surface area (Å²) in [5.74, 6) is 1.29. The SMILES string of the molecule is CCCc1nc(C)c2c(=O)[nH]c(-c3cc(S(=O)(=O)N4CC[N+](O)(CC)CC4)ccc3OCC)nn12. The summed E-state index contributed by atoms with van der Waals surface area (Å²) in [4.78, 5) is 20.3. The molecule has 0 saturated carbocycles. The number of nitrogens with zero attached hydrogens (tertiary/aromatic N) is 5. The fourth-order valence-electron chi connectivity index (χ4n) is 4.40. The van der Waals surface area contributed by atoms with E-state index >= 15 is 0 Å². The summed E-state index contributed by atoms with van der Waals surface area (Å²) in [6, 6.07) is 4.58. The number of aromatic nitrogens is 4. The first kappa shape index (κ1) is 25.3. The van der Waals surface area contributed by atoms with Crippen molar-refractivity contribution in [3.05, 3.63) is 40.1 Å². The number of aromatic amines is 1. The number of likely N-dealkylation sites (N-methyl/N-ethyl adjacent to an activating group) is 1. The van der Waals surface area contributed by atoms with E-state index in [1.54, 1.807) is 13.0 Å². The number of hydrogen-bond donors (Lipinski definition) is 2. The molecule has 0 atom stereocenters. The first-order valence-electron chi connectivity index (χ1n) is 12.0. The average molecular weight is 506 g/mol. The van der Waals surface area contributed by atoms with Gasteiger partial charge >= 0.3 is 0 Å². The van der Waals surface area contributed by atoms with E-state index in [2.05, 4.69) is 15.1 Å². The van der Waals surface area contributed by atoms with E-state index in [0.717, 1.165) is 6.42 Å². The molecule has 0 unspecified atom stereocenters. The number of sulfonamides is 1. The molecule has 3 heterocycles. The number of fused-ring (bicyclic) bond motifs is 1. The third kappa shape index (κ3) is 4.70. The zero-order valence-corrected chi connectivity index (χ0v) is 21.4. The highest BCUT2D eigenvalue weighted by molar-refractivity contribution is 7.89. The number of nitrogens with one attached hydrogen (secondary N) is 1. The first-order valence-corrected chi connectivity index (χ1v) is 13.4. The van der Waals surface area contributed by atoms with Crippen LogP contribution in [0.1, 0.15) is 38.7 Å². The molecule has 1 aromatic carbocycles. The second kappa shape index (κ2) is 9.69. The molecular weight excluding hydrogens is 472 g/mol. The van der Waals surface area contributed by atoms with Crippen molar-refractivity contribution in [3.8, 4) is 17.1 Å². The molecule has 190 valence electrons. The molecule has 0 amide bonds. The maximum atomic E-state index is 13.5. The van der Waals surface area contributed by atoms with Crippen LogP contribution in [0.15, 0.2) is 27.9 Å². The van der Waals surface area contributed by atoms with Gasteiger partial charge in [0.25, 0.3) is 5.56 Å². The largest absolute Gasteiger partial charge is 0.493 e. The van der Waals surface area contributed by atoms with Crippen molar-refractivity contribution in [1.82, 2.24) is 23.9 Å². The Balaban J connectivity index is 1.80. The molecule has 0 spiro atoms. The van der Waals surface area contributed by atoms with E-state index in [9.17, 15) is 18.4 Å². The predicted molar refractivity (Wildman–Crippen MR) is 130 cm³/mol. The van der Waals surface area contributed by atoms with Crippen LogP contribution >= 0.6 is 0 Å². The number of hydrogen-bond acceptors (Lipinski definition) is 7. The quantitative estimate of drug-likeness (QED) is 0.448. The number of ether oxygens (including phenoxy) is 1. The number of piperazine rings is 1. The molecule has 11 nitrogen and oxygen atoms in total. The summed E-state index contributed by atoms with van der Waals surface area (Å²) < 4.78 is 35.4. The highest BCUT2D eigenvalue weighted by Crippen LogP contribution is 2.32. The van der Waals surface area contributed by atoms with E-state index in [1.165, 1.54) is 21.0 Å². The van der Waals surface area contributed by atoms with E-state index < -0.39 is 10.0 Å². The van der Waals surface area contributed by atoms with Crippen LogP contribution in [0.2, 0.25) is 0 Å². The summed E-state index contributed by atoms with van der Waals surface area (Å²) in [6.45, 7) is 9.45. The van der Waals surface area contributed by atoms with Crippen LogP contribution in [-0.2, 0) is 16.4 Å². The van der Waals surface area contributed by atoms with E-state index in [-0.39, 0.29) is 34.0 Å². The Hall–Kier alpha value is -2.80. The Labute approximate surface area is 204 Å². The van der Waals surface area contributed by atoms with Crippen molar-refractivity contribution in [2.45, 2.75) is 45.4 Å². The highest BCUT2D eigenvalue weighted by Gasteiger charge is 2.36. The summed E-state index contributed by atoms with van der Waals surface area (Å²) in [5, 5.41) is 15.1. The lowest BCUT2D eigenvalue weighted by molar-refractivity contribution is -1.10. The topological polar surface area (TPSA) is 130 Å². The van der Waals surface area contributed by atoms with Crippen LogP contribution in [0.25, 0.3) is 16.9 Å². The maximum absolute atomic E-state index is 13.5. The lowest BCUT2D eigenvalue weighted by Gasteiger charge is -2.37. The van der Waals surface area contributed by atoms with Crippen LogP contribution in [0.3, 0.4) is 0 Å². The Morgan fingerprint density at radius 3 is 2.54 bits per heavy atom. The summed E-state index contributed by atoms with van der Waals surface area (Å²) in [5.41, 5.74) is 0.976. The Morgan fingerprint density at radius 2 is 1.91 bits per heavy atom.